The average molecular weight is 230 g/mol. The molecule has 0 heterocycles. The van der Waals surface area contributed by atoms with Crippen LogP contribution in [0, 0.1) is 0 Å². The van der Waals surface area contributed by atoms with Crippen molar-refractivity contribution in [3.05, 3.63) is 48.0 Å². The van der Waals surface area contributed by atoms with Gasteiger partial charge >= 0.3 is 5.97 Å². The van der Waals surface area contributed by atoms with E-state index < -0.39 is 12.1 Å². The lowest BCUT2D eigenvalue weighted by Gasteiger charge is -2.12. The van der Waals surface area contributed by atoms with Gasteiger partial charge < -0.3 is 9.84 Å². The maximum atomic E-state index is 11.1. The zero-order valence-corrected chi connectivity index (χ0v) is 9.59. The molecule has 0 saturated heterocycles. The molecule has 2 rings (SSSR count). The van der Waals surface area contributed by atoms with Gasteiger partial charge in [-0.15, -0.1) is 0 Å². The Hall–Kier alpha value is -1.87. The molecule has 2 aromatic carbocycles. The van der Waals surface area contributed by atoms with Gasteiger partial charge in [-0.25, -0.2) is 0 Å². The van der Waals surface area contributed by atoms with Crippen molar-refractivity contribution in [3.63, 3.8) is 0 Å². The third kappa shape index (κ3) is 2.45. The first-order chi connectivity index (χ1) is 8.22. The fraction of sp³-hybridized carbons (Fsp3) is 0.214. The van der Waals surface area contributed by atoms with Crippen LogP contribution in [0.15, 0.2) is 42.5 Å². The van der Waals surface area contributed by atoms with E-state index >= 15 is 0 Å². The predicted molar refractivity (Wildman–Crippen MR) is 65.5 cm³/mol. The number of ether oxygens (including phenoxy) is 1. The van der Waals surface area contributed by atoms with Crippen LogP contribution < -0.4 is 0 Å². The number of aliphatic hydroxyl groups is 1. The van der Waals surface area contributed by atoms with Crippen molar-refractivity contribution < 1.29 is 14.6 Å². The van der Waals surface area contributed by atoms with E-state index in [0.717, 1.165) is 16.3 Å². The van der Waals surface area contributed by atoms with Gasteiger partial charge in [0.1, 0.15) is 0 Å². The average Bonchev–Trinajstić information content (AvgIpc) is 2.37. The molecule has 0 bridgehead atoms. The Balaban J connectivity index is 2.38. The SMILES string of the molecule is COC(=O)CC(O)c1cccc2ccccc12. The number of aliphatic hydroxyl groups excluding tert-OH is 1. The smallest absolute Gasteiger partial charge is 0.308 e. The molecule has 0 saturated carbocycles. The first-order valence-corrected chi connectivity index (χ1v) is 5.45. The van der Waals surface area contributed by atoms with Gasteiger partial charge in [0, 0.05) is 0 Å². The Bertz CT molecular complexity index is 528. The number of carbonyl (C=O) groups is 1. The Morgan fingerprint density at radius 2 is 1.94 bits per heavy atom. The van der Waals surface area contributed by atoms with Crippen molar-refractivity contribution in [2.45, 2.75) is 12.5 Å². The Labute approximate surface area is 99.6 Å². The van der Waals surface area contributed by atoms with Crippen LogP contribution in [0.5, 0.6) is 0 Å². The highest BCUT2D eigenvalue weighted by Gasteiger charge is 2.15. The van der Waals surface area contributed by atoms with Gasteiger partial charge in [0.2, 0.25) is 0 Å². The largest absolute Gasteiger partial charge is 0.469 e. The highest BCUT2D eigenvalue weighted by atomic mass is 16.5. The van der Waals surface area contributed by atoms with Crippen molar-refractivity contribution >= 4 is 16.7 Å². The first kappa shape index (κ1) is 11.6. The van der Waals surface area contributed by atoms with Gasteiger partial charge in [0.05, 0.1) is 19.6 Å². The number of methoxy groups -OCH3 is 1. The van der Waals surface area contributed by atoms with E-state index in [1.54, 1.807) is 0 Å². The standard InChI is InChI=1S/C14H14O3/c1-17-14(16)9-13(15)12-8-4-6-10-5-2-3-7-11(10)12/h2-8,13,15H,9H2,1H3. The van der Waals surface area contributed by atoms with E-state index in [-0.39, 0.29) is 6.42 Å². The van der Waals surface area contributed by atoms with Gasteiger partial charge in [-0.2, -0.15) is 0 Å². The van der Waals surface area contributed by atoms with Gasteiger partial charge in [-0.1, -0.05) is 42.5 Å². The number of esters is 1. The van der Waals surface area contributed by atoms with Crippen LogP contribution in [0.2, 0.25) is 0 Å². The summed E-state index contributed by atoms with van der Waals surface area (Å²) in [7, 11) is 1.32. The van der Waals surface area contributed by atoms with Gasteiger partial charge in [0.15, 0.2) is 0 Å². The fourth-order valence-corrected chi connectivity index (χ4v) is 1.89. The maximum absolute atomic E-state index is 11.1. The summed E-state index contributed by atoms with van der Waals surface area (Å²) in [6, 6.07) is 13.4. The molecule has 0 aliphatic carbocycles. The fourth-order valence-electron chi connectivity index (χ4n) is 1.89. The number of benzene rings is 2. The second-order valence-electron chi connectivity index (χ2n) is 3.86. The van der Waals surface area contributed by atoms with E-state index in [1.807, 2.05) is 42.5 Å². The zero-order chi connectivity index (χ0) is 12.3. The van der Waals surface area contributed by atoms with Gasteiger partial charge in [-0.05, 0) is 16.3 Å². The molecule has 88 valence electrons. The van der Waals surface area contributed by atoms with E-state index in [9.17, 15) is 9.90 Å². The third-order valence-electron chi connectivity index (χ3n) is 2.77. The third-order valence-corrected chi connectivity index (χ3v) is 2.77. The minimum atomic E-state index is -0.825. The molecule has 3 nitrogen and oxygen atoms in total. The molecule has 0 amide bonds. The highest BCUT2D eigenvalue weighted by Crippen LogP contribution is 2.26. The summed E-state index contributed by atoms with van der Waals surface area (Å²) in [6.45, 7) is 0. The van der Waals surface area contributed by atoms with E-state index in [4.69, 9.17) is 0 Å². The van der Waals surface area contributed by atoms with Crippen molar-refractivity contribution in [2.24, 2.45) is 0 Å². The van der Waals surface area contributed by atoms with Crippen LogP contribution in [0.25, 0.3) is 10.8 Å². The number of hydrogen-bond donors (Lipinski definition) is 1. The van der Waals surface area contributed by atoms with Crippen molar-refractivity contribution in [3.8, 4) is 0 Å². The minimum Gasteiger partial charge on any atom is -0.469 e. The molecule has 1 unspecified atom stereocenters. The molecule has 1 N–H and O–H groups in total. The molecule has 0 spiro atoms. The van der Waals surface area contributed by atoms with Crippen LogP contribution in [0.4, 0.5) is 0 Å². The van der Waals surface area contributed by atoms with Crippen molar-refractivity contribution in [1.29, 1.82) is 0 Å². The molecule has 0 aliphatic heterocycles. The lowest BCUT2D eigenvalue weighted by molar-refractivity contribution is -0.142. The molecule has 0 aromatic heterocycles. The monoisotopic (exact) mass is 230 g/mol. The molecule has 0 aliphatic rings. The quantitative estimate of drug-likeness (QED) is 0.824. The Kier molecular flexibility index (Phi) is 3.40. The second kappa shape index (κ2) is 4.97. The van der Waals surface area contributed by atoms with E-state index in [0.29, 0.717) is 0 Å². The van der Waals surface area contributed by atoms with Crippen molar-refractivity contribution in [1.82, 2.24) is 0 Å². The lowest BCUT2D eigenvalue weighted by Crippen LogP contribution is -2.08. The van der Waals surface area contributed by atoms with Crippen LogP contribution >= 0.6 is 0 Å². The Morgan fingerprint density at radius 1 is 1.24 bits per heavy atom. The summed E-state index contributed by atoms with van der Waals surface area (Å²) in [4.78, 5) is 11.1. The molecule has 3 heteroatoms. The molecule has 0 radical (unpaired) electrons. The summed E-state index contributed by atoms with van der Waals surface area (Å²) in [5.74, 6) is -0.412. The highest BCUT2D eigenvalue weighted by molar-refractivity contribution is 5.86. The first-order valence-electron chi connectivity index (χ1n) is 5.45. The maximum Gasteiger partial charge on any atom is 0.308 e. The van der Waals surface area contributed by atoms with Gasteiger partial charge in [0.25, 0.3) is 0 Å². The van der Waals surface area contributed by atoms with Crippen LogP contribution in [-0.2, 0) is 9.53 Å². The van der Waals surface area contributed by atoms with Crippen LogP contribution in [0.1, 0.15) is 18.1 Å². The summed E-state index contributed by atoms with van der Waals surface area (Å²) >= 11 is 0. The number of hydrogen-bond acceptors (Lipinski definition) is 3. The summed E-state index contributed by atoms with van der Waals surface area (Å²) in [6.07, 6.45) is -0.849. The topological polar surface area (TPSA) is 46.5 Å². The molecular weight excluding hydrogens is 216 g/mol. The predicted octanol–water partition coefficient (Wildman–Crippen LogP) is 2.44. The number of fused-ring (bicyclic) bond motifs is 1. The summed E-state index contributed by atoms with van der Waals surface area (Å²) in [5.41, 5.74) is 0.758. The molecular formula is C14H14O3. The number of carbonyl (C=O) groups excluding carboxylic acids is 1. The second-order valence-corrected chi connectivity index (χ2v) is 3.86. The lowest BCUT2D eigenvalue weighted by atomic mass is 9.99. The molecule has 17 heavy (non-hydrogen) atoms. The van der Waals surface area contributed by atoms with E-state index in [1.165, 1.54) is 7.11 Å². The molecule has 0 fully saturated rings. The summed E-state index contributed by atoms with van der Waals surface area (Å²) < 4.78 is 4.56. The van der Waals surface area contributed by atoms with Gasteiger partial charge in [-0.3, -0.25) is 4.79 Å². The Morgan fingerprint density at radius 3 is 2.71 bits per heavy atom. The van der Waals surface area contributed by atoms with Crippen LogP contribution in [0.3, 0.4) is 0 Å². The summed E-state index contributed by atoms with van der Waals surface area (Å²) in [5, 5.41) is 12.0. The minimum absolute atomic E-state index is 0.0233. The van der Waals surface area contributed by atoms with Crippen molar-refractivity contribution in [2.75, 3.05) is 7.11 Å². The number of rotatable bonds is 3. The normalized spacial score (nSPS) is 12.4. The molecule has 2 aromatic rings. The zero-order valence-electron chi connectivity index (χ0n) is 9.59. The molecule has 1 atom stereocenters. The van der Waals surface area contributed by atoms with E-state index in [2.05, 4.69) is 4.74 Å². The van der Waals surface area contributed by atoms with Crippen LogP contribution in [-0.4, -0.2) is 18.2 Å².